The molecule has 14 heteroatoms. The molecule has 2 aromatic carbocycles. The number of carbonyl (C=O) groups is 2. The number of nitrogens with one attached hydrogen (secondary N) is 2. The standard InChI is InChI=1S/C29H38N6O7S/c1-19-14-35(20(2)17-36)28(37)13-21-12-23(32-43(39,40)27-16-33(3)18-30-27)8-11-25(21)42-26(19)15-34(4)29(38)31-22-6-9-24(41-5)10-7-22/h6-12,16,18-20,26,32,36H,13-15,17H2,1-5H3,(H,31,38)/t19-,20+,26-/m1/s1. The maximum Gasteiger partial charge on any atom is 0.321 e. The van der Waals surface area contributed by atoms with Crippen molar-refractivity contribution >= 4 is 33.3 Å². The lowest BCUT2D eigenvalue weighted by atomic mass is 10.0. The first-order valence-corrected chi connectivity index (χ1v) is 15.2. The third-order valence-corrected chi connectivity index (χ3v) is 8.53. The van der Waals surface area contributed by atoms with Gasteiger partial charge in [0.05, 0.1) is 39.1 Å². The molecule has 232 valence electrons. The van der Waals surface area contributed by atoms with Crippen LogP contribution in [-0.2, 0) is 28.3 Å². The van der Waals surface area contributed by atoms with Crippen molar-refractivity contribution < 1.29 is 32.6 Å². The lowest BCUT2D eigenvalue weighted by molar-refractivity contribution is -0.134. The number of fused-ring (bicyclic) bond motifs is 1. The largest absolute Gasteiger partial charge is 0.497 e. The topological polar surface area (TPSA) is 155 Å². The Morgan fingerprint density at radius 3 is 2.56 bits per heavy atom. The minimum absolute atomic E-state index is 0.0773. The number of aryl methyl sites for hydroxylation is 1. The van der Waals surface area contributed by atoms with Gasteiger partial charge in [0, 0.05) is 49.7 Å². The van der Waals surface area contributed by atoms with Gasteiger partial charge in [-0.25, -0.2) is 9.78 Å². The Morgan fingerprint density at radius 2 is 1.93 bits per heavy atom. The Balaban J connectivity index is 1.59. The summed E-state index contributed by atoms with van der Waals surface area (Å²) in [6.07, 6.45) is 2.15. The smallest absolute Gasteiger partial charge is 0.321 e. The highest BCUT2D eigenvalue weighted by Gasteiger charge is 2.32. The van der Waals surface area contributed by atoms with Crippen molar-refractivity contribution in [3.63, 3.8) is 0 Å². The van der Waals surface area contributed by atoms with E-state index >= 15 is 0 Å². The molecular formula is C29H38N6O7S. The zero-order valence-corrected chi connectivity index (χ0v) is 25.7. The molecule has 1 aliphatic heterocycles. The van der Waals surface area contributed by atoms with E-state index in [0.29, 0.717) is 22.7 Å². The number of hydrogen-bond donors (Lipinski definition) is 3. The van der Waals surface area contributed by atoms with E-state index in [4.69, 9.17) is 9.47 Å². The molecule has 1 aliphatic rings. The zero-order valence-electron chi connectivity index (χ0n) is 24.9. The summed E-state index contributed by atoms with van der Waals surface area (Å²) in [7, 11) is 0.913. The number of aromatic nitrogens is 2. The first kappa shape index (κ1) is 31.6. The van der Waals surface area contributed by atoms with E-state index in [0.717, 1.165) is 0 Å². The average molecular weight is 615 g/mol. The molecule has 2 heterocycles. The predicted molar refractivity (Wildman–Crippen MR) is 161 cm³/mol. The molecule has 3 atom stereocenters. The van der Waals surface area contributed by atoms with Gasteiger partial charge in [-0.3, -0.25) is 9.52 Å². The molecule has 0 fully saturated rings. The number of likely N-dealkylation sites (N-methyl/N-ethyl adjacent to an activating group) is 1. The third kappa shape index (κ3) is 7.76. The van der Waals surface area contributed by atoms with Crippen LogP contribution in [0.1, 0.15) is 19.4 Å². The van der Waals surface area contributed by atoms with Crippen molar-refractivity contribution in [3.8, 4) is 11.5 Å². The molecule has 0 spiro atoms. The maximum atomic E-state index is 13.5. The van der Waals surface area contributed by atoms with Crippen LogP contribution >= 0.6 is 0 Å². The number of hydrogen-bond acceptors (Lipinski definition) is 8. The molecule has 0 radical (unpaired) electrons. The number of benzene rings is 2. The van der Waals surface area contributed by atoms with Gasteiger partial charge in [-0.05, 0) is 49.4 Å². The molecule has 1 aromatic heterocycles. The van der Waals surface area contributed by atoms with Gasteiger partial charge >= 0.3 is 6.03 Å². The van der Waals surface area contributed by atoms with E-state index in [1.54, 1.807) is 75.5 Å². The maximum absolute atomic E-state index is 13.5. The summed E-state index contributed by atoms with van der Waals surface area (Å²) in [4.78, 5) is 33.5. The summed E-state index contributed by atoms with van der Waals surface area (Å²) in [6.45, 7) is 3.92. The Hall–Kier alpha value is -4.30. The fraction of sp³-hybridized carbons (Fsp3) is 0.414. The molecule has 3 aromatic rings. The van der Waals surface area contributed by atoms with Crippen LogP contribution in [0.5, 0.6) is 11.5 Å². The number of amides is 3. The van der Waals surface area contributed by atoms with Crippen LogP contribution in [-0.4, -0.2) is 90.8 Å². The van der Waals surface area contributed by atoms with Gasteiger partial charge in [0.15, 0.2) is 5.03 Å². The van der Waals surface area contributed by atoms with Gasteiger partial charge in [0.25, 0.3) is 10.0 Å². The summed E-state index contributed by atoms with van der Waals surface area (Å²) < 4.78 is 41.4. The molecular weight excluding hydrogens is 576 g/mol. The average Bonchev–Trinajstić information content (AvgIpc) is 3.44. The number of aliphatic hydroxyl groups is 1. The highest BCUT2D eigenvalue weighted by Crippen LogP contribution is 2.30. The molecule has 3 N–H and O–H groups in total. The number of ether oxygens (including phenoxy) is 2. The summed E-state index contributed by atoms with van der Waals surface area (Å²) in [5.41, 5.74) is 1.30. The van der Waals surface area contributed by atoms with E-state index < -0.39 is 22.2 Å². The quantitative estimate of drug-likeness (QED) is 0.332. The van der Waals surface area contributed by atoms with Gasteiger partial charge in [-0.2, -0.15) is 8.42 Å². The molecule has 3 amide bonds. The molecule has 0 bridgehead atoms. The number of methoxy groups -OCH3 is 1. The molecule has 0 unspecified atom stereocenters. The first-order valence-electron chi connectivity index (χ1n) is 13.8. The second kappa shape index (κ2) is 13.3. The highest BCUT2D eigenvalue weighted by molar-refractivity contribution is 7.92. The number of sulfonamides is 1. The molecule has 0 saturated carbocycles. The van der Waals surface area contributed by atoms with Crippen molar-refractivity contribution in [1.29, 1.82) is 0 Å². The summed E-state index contributed by atoms with van der Waals surface area (Å²) >= 11 is 0. The Morgan fingerprint density at radius 1 is 1.23 bits per heavy atom. The number of imidazole rings is 1. The Bertz CT molecular complexity index is 1540. The van der Waals surface area contributed by atoms with Gasteiger partial charge in [0.1, 0.15) is 17.6 Å². The van der Waals surface area contributed by atoms with Crippen molar-refractivity contribution in [3.05, 3.63) is 60.6 Å². The van der Waals surface area contributed by atoms with Gasteiger partial charge in [-0.15, -0.1) is 0 Å². The number of rotatable bonds is 9. The lowest BCUT2D eigenvalue weighted by Gasteiger charge is -2.34. The first-order chi connectivity index (χ1) is 20.4. The molecule has 0 saturated heterocycles. The lowest BCUT2D eigenvalue weighted by Crippen LogP contribution is -2.48. The summed E-state index contributed by atoms with van der Waals surface area (Å²) in [5.74, 6) is 0.590. The van der Waals surface area contributed by atoms with Crippen molar-refractivity contribution in [1.82, 2.24) is 19.4 Å². The number of aliphatic hydroxyl groups excluding tert-OH is 1. The second-order valence-electron chi connectivity index (χ2n) is 10.7. The van der Waals surface area contributed by atoms with Crippen LogP contribution in [0.4, 0.5) is 16.2 Å². The molecule has 13 nitrogen and oxygen atoms in total. The van der Waals surface area contributed by atoms with E-state index in [1.165, 1.54) is 22.0 Å². The minimum Gasteiger partial charge on any atom is -0.497 e. The number of carbonyl (C=O) groups excluding carboxylic acids is 2. The monoisotopic (exact) mass is 614 g/mol. The molecule has 43 heavy (non-hydrogen) atoms. The normalized spacial score (nSPS) is 17.9. The second-order valence-corrected chi connectivity index (χ2v) is 12.4. The number of nitrogens with zero attached hydrogens (tertiary/aromatic N) is 4. The highest BCUT2D eigenvalue weighted by atomic mass is 32.2. The predicted octanol–water partition coefficient (Wildman–Crippen LogP) is 2.54. The Kier molecular flexibility index (Phi) is 9.81. The molecule has 0 aliphatic carbocycles. The van der Waals surface area contributed by atoms with Crippen LogP contribution in [0, 0.1) is 5.92 Å². The molecule has 4 rings (SSSR count). The van der Waals surface area contributed by atoms with Crippen LogP contribution in [0.15, 0.2) is 60.0 Å². The zero-order chi connectivity index (χ0) is 31.3. The Labute approximate surface area is 251 Å². The summed E-state index contributed by atoms with van der Waals surface area (Å²) in [6, 6.07) is 10.9. The van der Waals surface area contributed by atoms with Crippen molar-refractivity contribution in [2.24, 2.45) is 13.0 Å². The van der Waals surface area contributed by atoms with E-state index in [9.17, 15) is 23.1 Å². The van der Waals surface area contributed by atoms with Gasteiger partial charge in [-0.1, -0.05) is 6.92 Å². The fourth-order valence-corrected chi connectivity index (χ4v) is 5.72. The van der Waals surface area contributed by atoms with Crippen LogP contribution < -0.4 is 19.5 Å². The number of urea groups is 1. The van der Waals surface area contributed by atoms with Gasteiger partial charge in [0.2, 0.25) is 5.91 Å². The SMILES string of the molecule is COc1ccc(NC(=O)N(C)C[C@H]2Oc3ccc(NS(=O)(=O)c4cn(C)cn4)cc3CC(=O)N([C@@H](C)CO)C[C@H]2C)cc1. The third-order valence-electron chi connectivity index (χ3n) is 7.27. The summed E-state index contributed by atoms with van der Waals surface area (Å²) in [5, 5.41) is 12.6. The van der Waals surface area contributed by atoms with Crippen molar-refractivity contribution in [2.45, 2.75) is 37.4 Å². The van der Waals surface area contributed by atoms with Crippen molar-refractivity contribution in [2.75, 3.05) is 43.9 Å². The van der Waals surface area contributed by atoms with Crippen LogP contribution in [0.25, 0.3) is 0 Å². The van der Waals surface area contributed by atoms with E-state index in [-0.39, 0.29) is 54.7 Å². The van der Waals surface area contributed by atoms with Crippen LogP contribution in [0.3, 0.4) is 0 Å². The van der Waals surface area contributed by atoms with Crippen LogP contribution in [0.2, 0.25) is 0 Å². The minimum atomic E-state index is -3.97. The number of anilines is 2. The fourth-order valence-electron chi connectivity index (χ4n) is 4.69. The van der Waals surface area contributed by atoms with E-state index in [1.807, 2.05) is 6.92 Å². The van der Waals surface area contributed by atoms with E-state index in [2.05, 4.69) is 15.0 Å². The van der Waals surface area contributed by atoms with Gasteiger partial charge < -0.3 is 34.3 Å².